The number of carbonyl (C=O) groups excluding carboxylic acids is 1. The van der Waals surface area contributed by atoms with Gasteiger partial charge in [-0.1, -0.05) is 32.9 Å². The highest BCUT2D eigenvalue weighted by Gasteiger charge is 2.25. The monoisotopic (exact) mass is 323 g/mol. The first kappa shape index (κ1) is 17.1. The normalized spacial score (nSPS) is 17.0. The van der Waals surface area contributed by atoms with Crippen LogP contribution in [0.25, 0.3) is 0 Å². The Hall–Kier alpha value is -1.22. The van der Waals surface area contributed by atoms with Gasteiger partial charge in [0.15, 0.2) is 0 Å². The van der Waals surface area contributed by atoms with Crippen LogP contribution in [0.3, 0.4) is 0 Å². The molecule has 0 spiro atoms. The Kier molecular flexibility index (Phi) is 5.74. The molecule has 0 radical (unpaired) electrons. The van der Waals surface area contributed by atoms with Crippen LogP contribution in [0.15, 0.2) is 18.2 Å². The number of fused-ring (bicyclic) bond motifs is 1. The van der Waals surface area contributed by atoms with Crippen molar-refractivity contribution in [3.63, 3.8) is 0 Å². The zero-order valence-corrected chi connectivity index (χ0v) is 14.5. The molecule has 0 fully saturated rings. The third kappa shape index (κ3) is 4.64. The molecule has 0 saturated carbocycles. The van der Waals surface area contributed by atoms with Crippen LogP contribution in [0.1, 0.15) is 51.2 Å². The average Bonchev–Trinajstić information content (AvgIpc) is 2.86. The van der Waals surface area contributed by atoms with Crippen molar-refractivity contribution in [2.45, 2.75) is 58.0 Å². The van der Waals surface area contributed by atoms with E-state index in [9.17, 15) is 4.79 Å². The second kappa shape index (κ2) is 7.36. The Morgan fingerprint density at radius 3 is 2.82 bits per heavy atom. The van der Waals surface area contributed by atoms with Crippen molar-refractivity contribution in [3.05, 3.63) is 29.3 Å². The molecule has 1 N–H and O–H groups in total. The molecule has 1 amide bonds. The van der Waals surface area contributed by atoms with Crippen molar-refractivity contribution in [1.29, 1.82) is 0 Å². The van der Waals surface area contributed by atoms with Crippen molar-refractivity contribution in [2.75, 3.05) is 12.4 Å². The number of ether oxygens (including phenoxy) is 1. The summed E-state index contributed by atoms with van der Waals surface area (Å²) in [4.78, 5) is 11.7. The molecule has 0 saturated heterocycles. The summed E-state index contributed by atoms with van der Waals surface area (Å²) in [5.74, 6) is 1.65. The molecule has 22 heavy (non-hydrogen) atoms. The molecule has 1 aliphatic heterocycles. The van der Waals surface area contributed by atoms with Crippen LogP contribution >= 0.6 is 11.6 Å². The van der Waals surface area contributed by atoms with Crippen LogP contribution < -0.4 is 10.1 Å². The van der Waals surface area contributed by atoms with E-state index < -0.39 is 0 Å². The maximum atomic E-state index is 11.7. The summed E-state index contributed by atoms with van der Waals surface area (Å²) >= 11 is 5.61. The van der Waals surface area contributed by atoms with Gasteiger partial charge in [-0.2, -0.15) is 0 Å². The minimum absolute atomic E-state index is 0.0437. The summed E-state index contributed by atoms with van der Waals surface area (Å²) in [6, 6.07) is 6.42. The van der Waals surface area contributed by atoms with Crippen LogP contribution in [0.4, 0.5) is 0 Å². The quantitative estimate of drug-likeness (QED) is 0.638. The molecule has 1 aromatic rings. The number of benzene rings is 1. The molecular weight excluding hydrogens is 298 g/mol. The van der Waals surface area contributed by atoms with Crippen molar-refractivity contribution < 1.29 is 9.53 Å². The lowest BCUT2D eigenvalue weighted by molar-refractivity contribution is -0.121. The Morgan fingerprint density at radius 1 is 1.36 bits per heavy atom. The number of hydrogen-bond donors (Lipinski definition) is 1. The van der Waals surface area contributed by atoms with Gasteiger partial charge < -0.3 is 10.1 Å². The summed E-state index contributed by atoms with van der Waals surface area (Å²) < 4.78 is 5.91. The topological polar surface area (TPSA) is 38.3 Å². The highest BCUT2D eigenvalue weighted by molar-refractivity contribution is 6.17. The van der Waals surface area contributed by atoms with Gasteiger partial charge in [0.25, 0.3) is 0 Å². The van der Waals surface area contributed by atoms with Crippen LogP contribution in [0.5, 0.6) is 5.75 Å². The molecule has 1 atom stereocenters. The summed E-state index contributed by atoms with van der Waals surface area (Å²) in [7, 11) is 0. The number of unbranched alkanes of at least 4 members (excludes halogenated alkanes) is 1. The van der Waals surface area contributed by atoms with E-state index in [0.29, 0.717) is 18.8 Å². The summed E-state index contributed by atoms with van der Waals surface area (Å²) in [5.41, 5.74) is 2.71. The van der Waals surface area contributed by atoms with Crippen LogP contribution in [-0.4, -0.2) is 24.4 Å². The molecule has 0 bridgehead atoms. The van der Waals surface area contributed by atoms with Gasteiger partial charge in [0.05, 0.1) is 6.54 Å². The Morgan fingerprint density at radius 2 is 2.14 bits per heavy atom. The molecule has 3 nitrogen and oxygen atoms in total. The minimum atomic E-state index is 0.0437. The zero-order chi connectivity index (χ0) is 16.2. The lowest BCUT2D eigenvalue weighted by atomic mass is 9.86. The van der Waals surface area contributed by atoms with Gasteiger partial charge in [0, 0.05) is 18.7 Å². The van der Waals surface area contributed by atoms with E-state index >= 15 is 0 Å². The largest absolute Gasteiger partial charge is 0.488 e. The standard InChI is InChI=1S/C18H26ClNO2/c1-18(2,3)14-7-8-16-13(10-14)11-15(22-16)12-20-17(21)6-4-5-9-19/h7-8,10,15H,4-6,9,11-12H2,1-3H3,(H,20,21). The van der Waals surface area contributed by atoms with Crippen molar-refractivity contribution in [2.24, 2.45) is 0 Å². The van der Waals surface area contributed by atoms with Gasteiger partial charge in [-0.25, -0.2) is 0 Å². The highest BCUT2D eigenvalue weighted by Crippen LogP contribution is 2.33. The first-order chi connectivity index (χ1) is 10.4. The zero-order valence-electron chi connectivity index (χ0n) is 13.7. The first-order valence-electron chi connectivity index (χ1n) is 8.03. The van der Waals surface area contributed by atoms with E-state index in [4.69, 9.17) is 16.3 Å². The minimum Gasteiger partial charge on any atom is -0.488 e. The lowest BCUT2D eigenvalue weighted by Gasteiger charge is -2.19. The third-order valence-corrected chi connectivity index (χ3v) is 4.25. The van der Waals surface area contributed by atoms with Crippen LogP contribution in [0.2, 0.25) is 0 Å². The van der Waals surface area contributed by atoms with Gasteiger partial charge in [-0.3, -0.25) is 4.79 Å². The molecule has 1 heterocycles. The van der Waals surface area contributed by atoms with Gasteiger partial charge >= 0.3 is 0 Å². The van der Waals surface area contributed by atoms with Gasteiger partial charge in [-0.15, -0.1) is 11.6 Å². The number of rotatable bonds is 6. The molecule has 0 aromatic heterocycles. The Balaban J connectivity index is 1.84. The number of carbonyl (C=O) groups is 1. The number of hydrogen-bond acceptors (Lipinski definition) is 2. The summed E-state index contributed by atoms with van der Waals surface area (Å²) in [5, 5.41) is 2.96. The molecule has 4 heteroatoms. The molecule has 1 aromatic carbocycles. The van der Waals surface area contributed by atoms with E-state index in [1.807, 2.05) is 0 Å². The molecular formula is C18H26ClNO2. The summed E-state index contributed by atoms with van der Waals surface area (Å²) in [6.07, 6.45) is 3.18. The third-order valence-electron chi connectivity index (χ3n) is 3.98. The lowest BCUT2D eigenvalue weighted by Crippen LogP contribution is -2.34. The fourth-order valence-electron chi connectivity index (χ4n) is 2.60. The van der Waals surface area contributed by atoms with E-state index in [1.165, 1.54) is 11.1 Å². The van der Waals surface area contributed by atoms with Crippen molar-refractivity contribution in [1.82, 2.24) is 5.32 Å². The van der Waals surface area contributed by atoms with Crippen LogP contribution in [0, 0.1) is 0 Å². The Bertz CT molecular complexity index is 522. The first-order valence-corrected chi connectivity index (χ1v) is 8.56. The maximum absolute atomic E-state index is 11.7. The predicted molar refractivity (Wildman–Crippen MR) is 90.8 cm³/mol. The van der Waals surface area contributed by atoms with Crippen LogP contribution in [-0.2, 0) is 16.6 Å². The van der Waals surface area contributed by atoms with Gasteiger partial charge in [0.1, 0.15) is 11.9 Å². The predicted octanol–water partition coefficient (Wildman–Crippen LogP) is 3.81. The molecule has 0 aliphatic carbocycles. The fraction of sp³-hybridized carbons (Fsp3) is 0.611. The van der Waals surface area contributed by atoms with Gasteiger partial charge in [-0.05, 0) is 35.4 Å². The van der Waals surface area contributed by atoms with E-state index in [0.717, 1.165) is 25.0 Å². The number of alkyl halides is 1. The average molecular weight is 324 g/mol. The van der Waals surface area contributed by atoms with E-state index in [1.54, 1.807) is 0 Å². The van der Waals surface area contributed by atoms with Gasteiger partial charge in [0.2, 0.25) is 5.91 Å². The van der Waals surface area contributed by atoms with E-state index in [-0.39, 0.29) is 17.4 Å². The highest BCUT2D eigenvalue weighted by atomic mass is 35.5. The van der Waals surface area contributed by atoms with Crippen molar-refractivity contribution in [3.8, 4) is 5.75 Å². The molecule has 1 unspecified atom stereocenters. The number of amides is 1. The van der Waals surface area contributed by atoms with Crippen molar-refractivity contribution >= 4 is 17.5 Å². The Labute approximate surface area is 138 Å². The maximum Gasteiger partial charge on any atom is 0.220 e. The number of nitrogens with one attached hydrogen (secondary N) is 1. The SMILES string of the molecule is CC(C)(C)c1ccc2c(c1)CC(CNC(=O)CCCCCl)O2. The summed E-state index contributed by atoms with van der Waals surface area (Å²) in [6.45, 7) is 7.20. The number of halogens is 1. The molecule has 2 rings (SSSR count). The fourth-order valence-corrected chi connectivity index (χ4v) is 2.79. The smallest absolute Gasteiger partial charge is 0.220 e. The van der Waals surface area contributed by atoms with E-state index in [2.05, 4.69) is 44.3 Å². The molecule has 122 valence electrons. The second-order valence-electron chi connectivity index (χ2n) is 6.97. The molecule has 1 aliphatic rings. The second-order valence-corrected chi connectivity index (χ2v) is 7.34.